The maximum atomic E-state index is 7.24. The zero-order valence-electron chi connectivity index (χ0n) is 37.4. The predicted octanol–water partition coefficient (Wildman–Crippen LogP) is 12.2. The Morgan fingerprint density at radius 1 is 0.569 bits per heavy atom. The number of nitrogens with zero attached hydrogens (tertiary/aromatic N) is 10. The summed E-state index contributed by atoms with van der Waals surface area (Å²) >= 11 is 0. The Hall–Kier alpha value is -7.92. The number of benzene rings is 5. The topological polar surface area (TPSA) is 123 Å². The zero-order chi connectivity index (χ0) is 44.4. The molecule has 0 N–H and O–H groups in total. The molecule has 11 nitrogen and oxygen atoms in total. The molecule has 0 fully saturated rings. The maximum absolute atomic E-state index is 7.24. The van der Waals surface area contributed by atoms with E-state index in [1.807, 2.05) is 24.8 Å². The van der Waals surface area contributed by atoms with E-state index in [0.717, 1.165) is 94.6 Å². The second kappa shape index (κ2) is 14.3. The van der Waals surface area contributed by atoms with E-state index in [2.05, 4.69) is 160 Å². The highest BCUT2D eigenvalue weighted by Crippen LogP contribution is 2.51. The van der Waals surface area contributed by atoms with Gasteiger partial charge in [-0.25, -0.2) is 34.9 Å². The Kier molecular flexibility index (Phi) is 8.52. The van der Waals surface area contributed by atoms with Gasteiger partial charge < -0.3 is 13.9 Å². The van der Waals surface area contributed by atoms with Crippen molar-refractivity contribution in [3.8, 4) is 39.1 Å². The third-order valence-electron chi connectivity index (χ3n) is 13.6. The van der Waals surface area contributed by atoms with Crippen LogP contribution in [0.25, 0.3) is 83.1 Å². The molecule has 0 amide bonds. The average Bonchev–Trinajstić information content (AvgIpc) is 3.95. The van der Waals surface area contributed by atoms with E-state index in [-0.39, 0.29) is 12.1 Å². The molecule has 12 rings (SSSR count). The molecule has 0 radical (unpaired) electrons. The van der Waals surface area contributed by atoms with Gasteiger partial charge in [0.1, 0.15) is 53.6 Å². The van der Waals surface area contributed by atoms with E-state index < -0.39 is 0 Å². The highest BCUT2D eigenvalue weighted by molar-refractivity contribution is 6.17. The molecule has 5 aromatic carbocycles. The zero-order valence-corrected chi connectivity index (χ0v) is 37.4. The summed E-state index contributed by atoms with van der Waals surface area (Å²) in [5, 5.41) is 2.24. The van der Waals surface area contributed by atoms with Crippen molar-refractivity contribution in [3.63, 3.8) is 0 Å². The van der Waals surface area contributed by atoms with Gasteiger partial charge in [0.05, 0.1) is 47.0 Å². The summed E-state index contributed by atoms with van der Waals surface area (Å²) in [6.07, 6.45) is 13.9. The van der Waals surface area contributed by atoms with Crippen LogP contribution in [0.4, 0.5) is 11.4 Å². The van der Waals surface area contributed by atoms with E-state index in [0.29, 0.717) is 0 Å². The van der Waals surface area contributed by atoms with Gasteiger partial charge in [-0.1, -0.05) is 35.9 Å². The van der Waals surface area contributed by atoms with Gasteiger partial charge >= 0.3 is 0 Å². The molecule has 65 heavy (non-hydrogen) atoms. The number of fused-ring (bicyclic) bond motifs is 9. The molecule has 10 aromatic rings. The Morgan fingerprint density at radius 2 is 1.23 bits per heavy atom. The van der Waals surface area contributed by atoms with E-state index >= 15 is 0 Å². The maximum Gasteiger partial charge on any atom is 0.143 e. The highest BCUT2D eigenvalue weighted by atomic mass is 16.3. The average molecular weight is 849 g/mol. The molecule has 2 unspecified atom stereocenters. The summed E-state index contributed by atoms with van der Waals surface area (Å²) < 4.78 is 9.41. The number of rotatable bonds is 5. The minimum absolute atomic E-state index is 0.0976. The van der Waals surface area contributed by atoms with Crippen LogP contribution in [0.5, 0.6) is 0 Å². The fraction of sp³-hybridized carbons (Fsp3) is 0.185. The highest BCUT2D eigenvalue weighted by Gasteiger charge is 2.41. The monoisotopic (exact) mass is 848 g/mol. The van der Waals surface area contributed by atoms with Crippen LogP contribution in [0.3, 0.4) is 0 Å². The molecule has 5 aromatic heterocycles. The molecular formula is C54H44N10O. The van der Waals surface area contributed by atoms with Crippen LogP contribution in [-0.2, 0) is 0 Å². The summed E-state index contributed by atoms with van der Waals surface area (Å²) in [6.45, 7) is 17.8. The number of furan rings is 1. The molecule has 2 aliphatic heterocycles. The first kappa shape index (κ1) is 38.7. The van der Waals surface area contributed by atoms with Crippen molar-refractivity contribution in [2.24, 2.45) is 9.98 Å². The van der Waals surface area contributed by atoms with Crippen molar-refractivity contribution in [2.45, 2.75) is 67.5 Å². The van der Waals surface area contributed by atoms with Crippen LogP contribution in [0, 0.1) is 55.4 Å². The Morgan fingerprint density at radius 3 is 1.98 bits per heavy atom. The number of aromatic nitrogens is 7. The van der Waals surface area contributed by atoms with Gasteiger partial charge in [0.25, 0.3) is 0 Å². The van der Waals surface area contributed by atoms with Crippen LogP contribution in [-0.4, -0.2) is 53.1 Å². The van der Waals surface area contributed by atoms with Gasteiger partial charge in [0, 0.05) is 33.9 Å². The Balaban J connectivity index is 1.12. The molecule has 2 atom stereocenters. The van der Waals surface area contributed by atoms with Gasteiger partial charge in [-0.3, -0.25) is 4.99 Å². The van der Waals surface area contributed by atoms with Crippen molar-refractivity contribution in [2.75, 3.05) is 4.90 Å². The fourth-order valence-corrected chi connectivity index (χ4v) is 11.2. The van der Waals surface area contributed by atoms with E-state index in [4.69, 9.17) is 9.41 Å². The normalized spacial score (nSPS) is 15.5. The number of aryl methyl sites for hydroxylation is 7. The van der Waals surface area contributed by atoms with Crippen molar-refractivity contribution in [1.82, 2.24) is 34.5 Å². The minimum Gasteiger partial charge on any atom is -0.455 e. The molecule has 11 heteroatoms. The van der Waals surface area contributed by atoms with Crippen molar-refractivity contribution < 1.29 is 4.42 Å². The first-order valence-corrected chi connectivity index (χ1v) is 21.9. The van der Waals surface area contributed by atoms with E-state index in [1.165, 1.54) is 50.1 Å². The van der Waals surface area contributed by atoms with Crippen molar-refractivity contribution in [3.05, 3.63) is 148 Å². The molecule has 0 saturated heterocycles. The molecule has 0 spiro atoms. The molecule has 0 aliphatic carbocycles. The van der Waals surface area contributed by atoms with E-state index in [9.17, 15) is 0 Å². The summed E-state index contributed by atoms with van der Waals surface area (Å²) in [7, 11) is 0. The standard InChI is InChI=1S/C54H44N10O/c1-27-12-29(3)44(30(4)13-27)46-33(7)47(36-14-28(2)15-38(18-36)64-41-21-57-25-61-52(41)53-42(64)22-58-26-62-53)54-49(34(46)8)48-32(6)45(31(5)16-43(48)65-54)35-10-9-11-37(17-35)63-39-19-55-23-59-50(39)51-40(63)20-56-24-60-51/h9-26,39,50H,1-8H3. The SMILES string of the molecule is Cc1cc(-c2c(C)c(-c3c(C)cc(C)cc3C)c(C)c3c2oc2cc(C)c(-c4cccc(N5c6cncnc6C6N=CN=CC65)c4)c(C)c23)cc(-n2c3cncnc3c3ncncc32)c1. The lowest BCUT2D eigenvalue weighted by molar-refractivity contribution is 0.669. The summed E-state index contributed by atoms with van der Waals surface area (Å²) in [5.41, 5.74) is 25.3. The van der Waals surface area contributed by atoms with Crippen LogP contribution < -0.4 is 4.90 Å². The molecule has 7 heterocycles. The van der Waals surface area contributed by atoms with E-state index in [1.54, 1.807) is 25.3 Å². The summed E-state index contributed by atoms with van der Waals surface area (Å²) in [6, 6.07) is 22.1. The quantitative estimate of drug-likeness (QED) is 0.168. The second-order valence-corrected chi connectivity index (χ2v) is 17.8. The largest absolute Gasteiger partial charge is 0.455 e. The minimum atomic E-state index is -0.142. The van der Waals surface area contributed by atoms with Crippen molar-refractivity contribution >= 4 is 67.9 Å². The lowest BCUT2D eigenvalue weighted by atomic mass is 9.82. The number of hydrogen-bond donors (Lipinski definition) is 0. The lowest BCUT2D eigenvalue weighted by Crippen LogP contribution is -2.32. The Labute approximate surface area is 375 Å². The van der Waals surface area contributed by atoms with Crippen LogP contribution >= 0.6 is 0 Å². The van der Waals surface area contributed by atoms with Crippen LogP contribution in [0.2, 0.25) is 0 Å². The second-order valence-electron chi connectivity index (χ2n) is 17.8. The lowest BCUT2D eigenvalue weighted by Gasteiger charge is -2.27. The fourth-order valence-electron chi connectivity index (χ4n) is 11.2. The summed E-state index contributed by atoms with van der Waals surface area (Å²) in [5.74, 6) is 0. The molecule has 2 aliphatic rings. The summed E-state index contributed by atoms with van der Waals surface area (Å²) in [4.78, 5) is 38.7. The number of hydrogen-bond acceptors (Lipinski definition) is 10. The van der Waals surface area contributed by atoms with Gasteiger partial charge in [0.2, 0.25) is 0 Å². The van der Waals surface area contributed by atoms with Crippen LogP contribution in [0.15, 0.2) is 113 Å². The molecule has 0 saturated carbocycles. The van der Waals surface area contributed by atoms with Gasteiger partial charge in [0.15, 0.2) is 0 Å². The van der Waals surface area contributed by atoms with Crippen LogP contribution in [0.1, 0.15) is 56.2 Å². The van der Waals surface area contributed by atoms with Crippen molar-refractivity contribution in [1.29, 1.82) is 0 Å². The third kappa shape index (κ3) is 5.67. The molecular weight excluding hydrogens is 805 g/mol. The number of aliphatic imine (C=N–C) groups is 2. The number of anilines is 2. The Bertz CT molecular complexity index is 3670. The van der Waals surface area contributed by atoms with Gasteiger partial charge in [-0.05, 0) is 152 Å². The van der Waals surface area contributed by atoms with Gasteiger partial charge in [-0.15, -0.1) is 0 Å². The molecule has 0 bridgehead atoms. The first-order chi connectivity index (χ1) is 31.6. The molecule has 316 valence electrons. The van der Waals surface area contributed by atoms with Gasteiger partial charge in [-0.2, -0.15) is 0 Å². The smallest absolute Gasteiger partial charge is 0.143 e. The first-order valence-electron chi connectivity index (χ1n) is 21.9. The third-order valence-corrected chi connectivity index (χ3v) is 13.6. The predicted molar refractivity (Wildman–Crippen MR) is 261 cm³/mol.